The van der Waals surface area contributed by atoms with Gasteiger partial charge in [0.1, 0.15) is 5.69 Å². The summed E-state index contributed by atoms with van der Waals surface area (Å²) in [6.07, 6.45) is 0.975. The predicted molar refractivity (Wildman–Crippen MR) is 102 cm³/mol. The lowest BCUT2D eigenvalue weighted by atomic mass is 10.1. The van der Waals surface area contributed by atoms with Crippen molar-refractivity contribution in [3.8, 4) is 0 Å². The van der Waals surface area contributed by atoms with Crippen molar-refractivity contribution in [1.29, 1.82) is 0 Å². The van der Waals surface area contributed by atoms with E-state index < -0.39 is 20.4 Å². The van der Waals surface area contributed by atoms with Crippen LogP contribution < -0.4 is 5.32 Å². The molecule has 2 rings (SSSR count). The fourth-order valence-electron chi connectivity index (χ4n) is 2.51. The molecule has 144 valence electrons. The zero-order valence-corrected chi connectivity index (χ0v) is 16.1. The average molecular weight is 391 g/mol. The first kappa shape index (κ1) is 20.4. The van der Waals surface area contributed by atoms with E-state index in [-0.39, 0.29) is 29.1 Å². The molecule has 1 atom stereocenters. The van der Waals surface area contributed by atoms with Gasteiger partial charge in [0.25, 0.3) is 5.69 Å². The number of hydrogen-bond acceptors (Lipinski definition) is 6. The van der Waals surface area contributed by atoms with Crippen molar-refractivity contribution in [1.82, 2.24) is 4.90 Å². The van der Waals surface area contributed by atoms with Gasteiger partial charge in [0.2, 0.25) is 5.91 Å². The summed E-state index contributed by atoms with van der Waals surface area (Å²) in [5.74, 6) is -0.257. The highest BCUT2D eigenvalue weighted by molar-refractivity contribution is 7.90. The Morgan fingerprint density at radius 2 is 1.85 bits per heavy atom. The van der Waals surface area contributed by atoms with Crippen molar-refractivity contribution >= 4 is 27.1 Å². The first-order chi connectivity index (χ1) is 12.6. The molecule has 2 aromatic carbocycles. The standard InChI is InChI=1S/C18H21N3O5S/c1-13(14-7-5-4-6-8-14)20(2)18(22)12-19-16-10-9-15(27(3,25)26)11-17(16)21(23)24/h4-11,13,19H,12H2,1-3H3/t13-/m0/s1. The number of sulfone groups is 1. The second-order valence-electron chi connectivity index (χ2n) is 6.15. The highest BCUT2D eigenvalue weighted by Gasteiger charge is 2.21. The SMILES string of the molecule is C[C@@H](c1ccccc1)N(C)C(=O)CNc1ccc(S(C)(=O)=O)cc1[N+](=O)[O-]. The number of nitro benzene ring substituents is 1. The number of nitrogens with one attached hydrogen (secondary N) is 1. The smallest absolute Gasteiger partial charge is 0.293 e. The van der Waals surface area contributed by atoms with Gasteiger partial charge in [0.05, 0.1) is 22.4 Å². The maximum absolute atomic E-state index is 12.4. The molecule has 0 fully saturated rings. The van der Waals surface area contributed by atoms with E-state index in [0.717, 1.165) is 17.9 Å². The van der Waals surface area contributed by atoms with E-state index in [0.29, 0.717) is 0 Å². The molecule has 0 saturated carbocycles. The van der Waals surface area contributed by atoms with Gasteiger partial charge >= 0.3 is 0 Å². The third-order valence-electron chi connectivity index (χ3n) is 4.28. The third kappa shape index (κ3) is 5.04. The molecule has 8 nitrogen and oxygen atoms in total. The highest BCUT2D eigenvalue weighted by atomic mass is 32.2. The van der Waals surface area contributed by atoms with Crippen LogP contribution in [0.5, 0.6) is 0 Å². The molecule has 9 heteroatoms. The molecule has 0 spiro atoms. The van der Waals surface area contributed by atoms with Crippen LogP contribution in [0.4, 0.5) is 11.4 Å². The molecule has 0 saturated heterocycles. The first-order valence-corrected chi connectivity index (χ1v) is 10.0. The van der Waals surface area contributed by atoms with Crippen molar-refractivity contribution in [2.75, 3.05) is 25.2 Å². The maximum atomic E-state index is 12.4. The Labute approximate surface area is 157 Å². The molecule has 0 aliphatic rings. The summed E-state index contributed by atoms with van der Waals surface area (Å²) in [4.78, 5) is 24.4. The fourth-order valence-corrected chi connectivity index (χ4v) is 3.15. The monoisotopic (exact) mass is 391 g/mol. The van der Waals surface area contributed by atoms with Gasteiger partial charge < -0.3 is 10.2 Å². The molecule has 1 N–H and O–H groups in total. The topological polar surface area (TPSA) is 110 Å². The highest BCUT2D eigenvalue weighted by Crippen LogP contribution is 2.27. The Balaban J connectivity index is 2.13. The molecule has 0 unspecified atom stereocenters. The summed E-state index contributed by atoms with van der Waals surface area (Å²) in [5, 5.41) is 14.0. The van der Waals surface area contributed by atoms with E-state index in [1.54, 1.807) is 11.9 Å². The van der Waals surface area contributed by atoms with Crippen LogP contribution in [0.3, 0.4) is 0 Å². The summed E-state index contributed by atoms with van der Waals surface area (Å²) >= 11 is 0. The Morgan fingerprint density at radius 1 is 1.22 bits per heavy atom. The van der Waals surface area contributed by atoms with E-state index in [2.05, 4.69) is 5.32 Å². The van der Waals surface area contributed by atoms with Crippen LogP contribution >= 0.6 is 0 Å². The number of rotatable bonds is 7. The number of carbonyl (C=O) groups excluding carboxylic acids is 1. The van der Waals surface area contributed by atoms with Crippen LogP contribution in [0.25, 0.3) is 0 Å². The lowest BCUT2D eigenvalue weighted by molar-refractivity contribution is -0.384. The molecule has 0 aliphatic heterocycles. The number of likely N-dealkylation sites (N-methyl/N-ethyl adjacent to an activating group) is 1. The quantitative estimate of drug-likeness (QED) is 0.574. The van der Waals surface area contributed by atoms with Gasteiger partial charge in [-0.05, 0) is 24.6 Å². The van der Waals surface area contributed by atoms with E-state index >= 15 is 0 Å². The van der Waals surface area contributed by atoms with Gasteiger partial charge in [0, 0.05) is 19.4 Å². The fraction of sp³-hybridized carbons (Fsp3) is 0.278. The molecular formula is C18H21N3O5S. The van der Waals surface area contributed by atoms with Crippen molar-refractivity contribution in [3.63, 3.8) is 0 Å². The van der Waals surface area contributed by atoms with Crippen molar-refractivity contribution in [2.45, 2.75) is 17.9 Å². The molecule has 0 bridgehead atoms. The Hall–Kier alpha value is -2.94. The van der Waals surface area contributed by atoms with Crippen LogP contribution in [0.15, 0.2) is 53.4 Å². The van der Waals surface area contributed by atoms with Crippen LogP contribution in [0.2, 0.25) is 0 Å². The van der Waals surface area contributed by atoms with Gasteiger partial charge in [-0.25, -0.2) is 8.42 Å². The van der Waals surface area contributed by atoms with E-state index in [1.165, 1.54) is 12.1 Å². The molecule has 0 aliphatic carbocycles. The number of nitro groups is 1. The predicted octanol–water partition coefficient (Wildman–Crippen LogP) is 2.63. The molecular weight excluding hydrogens is 370 g/mol. The number of hydrogen-bond donors (Lipinski definition) is 1. The summed E-state index contributed by atoms with van der Waals surface area (Å²) in [5.41, 5.74) is 0.655. The lowest BCUT2D eigenvalue weighted by Gasteiger charge is -2.25. The summed E-state index contributed by atoms with van der Waals surface area (Å²) in [6.45, 7) is 1.73. The van der Waals surface area contributed by atoms with Crippen LogP contribution in [0.1, 0.15) is 18.5 Å². The van der Waals surface area contributed by atoms with Gasteiger partial charge in [-0.3, -0.25) is 14.9 Å². The van der Waals surface area contributed by atoms with Crippen LogP contribution in [-0.2, 0) is 14.6 Å². The van der Waals surface area contributed by atoms with Gasteiger partial charge in [0.15, 0.2) is 9.84 Å². The Kier molecular flexibility index (Phi) is 6.17. The average Bonchev–Trinajstić information content (AvgIpc) is 2.64. The second kappa shape index (κ2) is 8.17. The van der Waals surface area contributed by atoms with Crippen LogP contribution in [0, 0.1) is 10.1 Å². The molecule has 2 aromatic rings. The first-order valence-electron chi connectivity index (χ1n) is 8.14. The van der Waals surface area contributed by atoms with E-state index in [4.69, 9.17) is 0 Å². The molecule has 27 heavy (non-hydrogen) atoms. The lowest BCUT2D eigenvalue weighted by Crippen LogP contribution is -2.34. The molecule has 0 aromatic heterocycles. The maximum Gasteiger partial charge on any atom is 0.293 e. The Bertz CT molecular complexity index is 945. The number of amides is 1. The zero-order chi connectivity index (χ0) is 20.2. The van der Waals surface area contributed by atoms with Gasteiger partial charge in [-0.2, -0.15) is 0 Å². The largest absolute Gasteiger partial charge is 0.371 e. The van der Waals surface area contributed by atoms with Gasteiger partial charge in [-0.1, -0.05) is 30.3 Å². The minimum absolute atomic E-state index is 0.0847. The number of anilines is 1. The van der Waals surface area contributed by atoms with Crippen molar-refractivity contribution in [2.24, 2.45) is 0 Å². The summed E-state index contributed by atoms with van der Waals surface area (Å²) in [6, 6.07) is 12.9. The van der Waals surface area contributed by atoms with Crippen LogP contribution in [-0.4, -0.2) is 44.0 Å². The summed E-state index contributed by atoms with van der Waals surface area (Å²) < 4.78 is 23.2. The normalized spacial score (nSPS) is 12.3. The third-order valence-corrected chi connectivity index (χ3v) is 5.39. The van der Waals surface area contributed by atoms with Crippen molar-refractivity contribution in [3.05, 3.63) is 64.2 Å². The van der Waals surface area contributed by atoms with Crippen molar-refractivity contribution < 1.29 is 18.1 Å². The molecule has 0 heterocycles. The second-order valence-corrected chi connectivity index (χ2v) is 8.17. The minimum atomic E-state index is -3.57. The van der Waals surface area contributed by atoms with E-state index in [9.17, 15) is 23.3 Å². The molecule has 0 radical (unpaired) electrons. The zero-order valence-electron chi connectivity index (χ0n) is 15.2. The van der Waals surface area contributed by atoms with E-state index in [1.807, 2.05) is 37.3 Å². The minimum Gasteiger partial charge on any atom is -0.371 e. The summed E-state index contributed by atoms with van der Waals surface area (Å²) in [7, 11) is -1.91. The Morgan fingerprint density at radius 3 is 2.41 bits per heavy atom. The van der Waals surface area contributed by atoms with Gasteiger partial charge in [-0.15, -0.1) is 0 Å². The molecule has 1 amide bonds. The number of benzene rings is 2. The number of nitrogens with zero attached hydrogens (tertiary/aromatic N) is 2. The number of carbonyl (C=O) groups is 1.